The maximum absolute atomic E-state index is 12.2. The Labute approximate surface area is 175 Å². The third-order valence-electron chi connectivity index (χ3n) is 3.87. The van der Waals surface area contributed by atoms with E-state index in [-0.39, 0.29) is 13.1 Å². The predicted octanol–water partition coefficient (Wildman–Crippen LogP) is 3.56. The molecule has 0 amide bonds. The van der Waals surface area contributed by atoms with Crippen LogP contribution in [0.3, 0.4) is 0 Å². The zero-order valence-corrected chi connectivity index (χ0v) is 17.9. The maximum Gasteiger partial charge on any atom is 0.306 e. The van der Waals surface area contributed by atoms with Crippen molar-refractivity contribution in [2.24, 2.45) is 0 Å². The second-order valence-electron chi connectivity index (χ2n) is 5.63. The zero-order chi connectivity index (χ0) is 18.9. The number of sulfonamides is 1. The molecule has 1 aromatic heterocycles. The minimum Gasteiger partial charge on any atom is -0.344 e. The fourth-order valence-corrected chi connectivity index (χ4v) is 5.17. The van der Waals surface area contributed by atoms with Crippen LogP contribution in [0.1, 0.15) is 11.4 Å². The molecule has 1 fully saturated rings. The summed E-state index contributed by atoms with van der Waals surface area (Å²) in [5.41, 5.74) is 1.07. The number of anilines is 1. The van der Waals surface area contributed by atoms with Crippen LogP contribution in [-0.2, 0) is 16.4 Å². The van der Waals surface area contributed by atoms with Crippen LogP contribution in [0.25, 0.3) is 0 Å². The Morgan fingerprint density at radius 2 is 1.69 bits per heavy atom. The molecule has 0 bridgehead atoms. The summed E-state index contributed by atoms with van der Waals surface area (Å²) in [6, 6.07) is 7.52. The summed E-state index contributed by atoms with van der Waals surface area (Å²) < 4.78 is 27.5. The van der Waals surface area contributed by atoms with Crippen LogP contribution in [0.4, 0.5) is 5.13 Å². The highest BCUT2D eigenvalue weighted by Gasteiger charge is 2.43. The Balaban J connectivity index is 1.62. The topological polar surface area (TPSA) is 66.4 Å². The van der Waals surface area contributed by atoms with Gasteiger partial charge in [0.1, 0.15) is 5.82 Å². The van der Waals surface area contributed by atoms with Crippen LogP contribution in [0, 0.1) is 0 Å². The van der Waals surface area contributed by atoms with Gasteiger partial charge in [0.05, 0.1) is 0 Å². The van der Waals surface area contributed by atoms with E-state index in [1.54, 1.807) is 0 Å². The molecule has 0 N–H and O–H groups in total. The number of nitrogens with zero attached hydrogens (tertiary/aromatic N) is 4. The smallest absolute Gasteiger partial charge is 0.306 e. The number of piperazine rings is 1. The zero-order valence-electron chi connectivity index (χ0n) is 13.3. The third kappa shape index (κ3) is 4.55. The third-order valence-corrected chi connectivity index (χ3v) is 8.33. The standard InChI is InChI=1S/C14H14Cl4N4O2S2/c15-11-3-1-10(2-4-11)9-12-19-13(25-20-12)21-5-7-22(8-6-21)26(23,24)14(16,17)18/h1-4H,5-9H2. The van der Waals surface area contributed by atoms with Gasteiger partial charge in [-0.1, -0.05) is 58.5 Å². The number of halogens is 4. The number of benzene rings is 1. The fraction of sp³-hybridized carbons (Fsp3) is 0.429. The summed E-state index contributed by atoms with van der Waals surface area (Å²) in [6.45, 7) is 1.36. The van der Waals surface area contributed by atoms with Gasteiger partial charge in [-0.2, -0.15) is 8.68 Å². The van der Waals surface area contributed by atoms with Crippen LogP contribution in [0.15, 0.2) is 24.3 Å². The molecule has 2 heterocycles. The van der Waals surface area contributed by atoms with Crippen molar-refractivity contribution in [2.45, 2.75) is 9.55 Å². The lowest BCUT2D eigenvalue weighted by Crippen LogP contribution is -2.51. The first-order valence-corrected chi connectivity index (χ1v) is 11.3. The van der Waals surface area contributed by atoms with Crippen molar-refractivity contribution in [2.75, 3.05) is 31.1 Å². The first-order chi connectivity index (χ1) is 12.2. The number of aromatic nitrogens is 2. The van der Waals surface area contributed by atoms with E-state index in [4.69, 9.17) is 46.4 Å². The minimum absolute atomic E-state index is 0.225. The van der Waals surface area contributed by atoms with Crippen molar-refractivity contribution >= 4 is 73.1 Å². The number of hydrogen-bond acceptors (Lipinski definition) is 6. The Bertz CT molecular complexity index is 860. The molecule has 0 spiro atoms. The molecule has 1 aliphatic rings. The predicted molar refractivity (Wildman–Crippen MR) is 107 cm³/mol. The van der Waals surface area contributed by atoms with Crippen LogP contribution in [0.5, 0.6) is 0 Å². The van der Waals surface area contributed by atoms with Gasteiger partial charge in [-0.25, -0.2) is 13.4 Å². The highest BCUT2D eigenvalue weighted by molar-refractivity contribution is 7.95. The average molecular weight is 476 g/mol. The van der Waals surface area contributed by atoms with Gasteiger partial charge in [0.25, 0.3) is 10.0 Å². The van der Waals surface area contributed by atoms with E-state index in [2.05, 4.69) is 9.36 Å². The molecule has 26 heavy (non-hydrogen) atoms. The molecule has 2 aromatic rings. The van der Waals surface area contributed by atoms with E-state index in [1.165, 1.54) is 15.8 Å². The van der Waals surface area contributed by atoms with E-state index >= 15 is 0 Å². The Morgan fingerprint density at radius 1 is 1.08 bits per heavy atom. The molecule has 0 unspecified atom stereocenters. The van der Waals surface area contributed by atoms with Crippen LogP contribution in [-0.4, -0.2) is 51.4 Å². The van der Waals surface area contributed by atoms with Gasteiger partial charge in [0.2, 0.25) is 5.13 Å². The van der Waals surface area contributed by atoms with E-state index in [9.17, 15) is 8.42 Å². The number of rotatable bonds is 4. The van der Waals surface area contributed by atoms with Crippen LogP contribution in [0.2, 0.25) is 5.02 Å². The number of alkyl halides is 3. The average Bonchev–Trinajstić information content (AvgIpc) is 3.04. The molecule has 0 radical (unpaired) electrons. The second-order valence-corrected chi connectivity index (χ2v) is 11.8. The summed E-state index contributed by atoms with van der Waals surface area (Å²) in [5, 5.41) is 1.43. The van der Waals surface area contributed by atoms with Crippen molar-refractivity contribution in [3.05, 3.63) is 40.7 Å². The highest BCUT2D eigenvalue weighted by atomic mass is 35.6. The molecule has 1 aromatic carbocycles. The lowest BCUT2D eigenvalue weighted by atomic mass is 10.1. The summed E-state index contributed by atoms with van der Waals surface area (Å²) in [4.78, 5) is 6.52. The normalized spacial score (nSPS) is 16.8. The quantitative estimate of drug-likeness (QED) is 0.632. The summed E-state index contributed by atoms with van der Waals surface area (Å²) in [5.74, 6) is 0.712. The second kappa shape index (κ2) is 7.95. The molecule has 1 saturated heterocycles. The van der Waals surface area contributed by atoms with Gasteiger partial charge in [-0.15, -0.1) is 0 Å². The van der Waals surface area contributed by atoms with Gasteiger partial charge in [0.15, 0.2) is 0 Å². The van der Waals surface area contributed by atoms with Gasteiger partial charge >= 0.3 is 3.12 Å². The van der Waals surface area contributed by atoms with Crippen molar-refractivity contribution in [3.8, 4) is 0 Å². The molecular formula is C14H14Cl4N4O2S2. The molecule has 0 saturated carbocycles. The van der Waals surface area contributed by atoms with E-state index < -0.39 is 13.1 Å². The van der Waals surface area contributed by atoms with Crippen LogP contribution < -0.4 is 4.90 Å². The van der Waals surface area contributed by atoms with Gasteiger partial charge in [-0.05, 0) is 17.7 Å². The Kier molecular flexibility index (Phi) is 6.23. The molecule has 1 aliphatic heterocycles. The fourth-order valence-electron chi connectivity index (χ4n) is 2.50. The molecule has 142 valence electrons. The van der Waals surface area contributed by atoms with Crippen LogP contribution >= 0.6 is 57.9 Å². The summed E-state index contributed by atoms with van der Waals surface area (Å²) >= 11 is 23.9. The maximum atomic E-state index is 12.2. The molecule has 6 nitrogen and oxygen atoms in total. The highest BCUT2D eigenvalue weighted by Crippen LogP contribution is 2.36. The molecule has 0 atom stereocenters. The number of hydrogen-bond donors (Lipinski definition) is 0. The molecule has 3 rings (SSSR count). The van der Waals surface area contributed by atoms with Crippen molar-refractivity contribution < 1.29 is 8.42 Å². The Morgan fingerprint density at radius 3 is 2.27 bits per heavy atom. The minimum atomic E-state index is -3.98. The monoisotopic (exact) mass is 474 g/mol. The van der Waals surface area contributed by atoms with Crippen molar-refractivity contribution in [1.82, 2.24) is 13.7 Å². The van der Waals surface area contributed by atoms with Gasteiger partial charge in [-0.3, -0.25) is 0 Å². The lowest BCUT2D eigenvalue weighted by Gasteiger charge is -2.34. The Hall–Kier alpha value is -0.350. The first-order valence-electron chi connectivity index (χ1n) is 7.55. The van der Waals surface area contributed by atoms with E-state index in [0.717, 1.165) is 10.7 Å². The van der Waals surface area contributed by atoms with Crippen molar-refractivity contribution in [3.63, 3.8) is 0 Å². The van der Waals surface area contributed by atoms with E-state index in [1.807, 2.05) is 29.2 Å². The SMILES string of the molecule is O=S(=O)(N1CCN(c2nc(Cc3ccc(Cl)cc3)ns2)CC1)C(Cl)(Cl)Cl. The lowest BCUT2D eigenvalue weighted by molar-refractivity contribution is 0.384. The molecule has 12 heteroatoms. The first kappa shape index (κ1) is 20.4. The van der Waals surface area contributed by atoms with Gasteiger partial charge < -0.3 is 4.90 Å². The van der Waals surface area contributed by atoms with Crippen molar-refractivity contribution in [1.29, 1.82) is 0 Å². The largest absolute Gasteiger partial charge is 0.344 e. The molecule has 0 aliphatic carbocycles. The van der Waals surface area contributed by atoms with E-state index in [0.29, 0.717) is 30.4 Å². The van der Waals surface area contributed by atoms with Gasteiger partial charge in [0, 0.05) is 49.2 Å². The summed E-state index contributed by atoms with van der Waals surface area (Å²) in [7, 11) is -3.98. The summed E-state index contributed by atoms with van der Waals surface area (Å²) in [6.07, 6.45) is 0.606. The molecular weight excluding hydrogens is 462 g/mol.